The van der Waals surface area contributed by atoms with Gasteiger partial charge in [-0.1, -0.05) is 24.3 Å². The molecule has 0 amide bonds. The molecule has 0 bridgehead atoms. The molecule has 0 atom stereocenters. The van der Waals surface area contributed by atoms with Crippen LogP contribution in [0.5, 0.6) is 0 Å². The number of rotatable bonds is 0. The number of hydrogen-bond donors (Lipinski definition) is 0. The monoisotopic (exact) mass is 298 g/mol. The molecule has 0 saturated carbocycles. The molecule has 0 aromatic rings. The van der Waals surface area contributed by atoms with Gasteiger partial charge in [-0.05, 0) is 40.0 Å². The van der Waals surface area contributed by atoms with Gasteiger partial charge in [0.2, 0.25) is 0 Å². The molecule has 0 heterocycles. The maximum Gasteiger partial charge on any atom is 2.00 e. The average Bonchev–Trinajstić information content (AvgIpc) is 2.35. The summed E-state index contributed by atoms with van der Waals surface area (Å²) < 4.78 is 0. The van der Waals surface area contributed by atoms with Crippen molar-refractivity contribution in [1.82, 2.24) is 0 Å². The first-order valence-electron chi connectivity index (χ1n) is 4.35. The van der Waals surface area contributed by atoms with E-state index in [1.807, 2.05) is 30.7 Å². The van der Waals surface area contributed by atoms with Crippen molar-refractivity contribution in [3.8, 4) is 0 Å². The predicted octanol–water partition coefficient (Wildman–Crippen LogP) is 4.93. The molecule has 0 N–H and O–H groups in total. The molecule has 16 heavy (non-hydrogen) atoms. The molecular weight excluding hydrogens is 269 g/mol. The van der Waals surface area contributed by atoms with Gasteiger partial charge in [0, 0.05) is 6.42 Å². The molecule has 96 valence electrons. The van der Waals surface area contributed by atoms with Gasteiger partial charge in [0.1, 0.15) is 0 Å². The van der Waals surface area contributed by atoms with E-state index in [9.17, 15) is 0 Å². The molecule has 2 radical (unpaired) electrons. The topological polar surface area (TPSA) is 0 Å². The smallest absolute Gasteiger partial charge is 0.358 e. The summed E-state index contributed by atoms with van der Waals surface area (Å²) in [6.45, 7) is 13.4. The van der Waals surface area contributed by atoms with Gasteiger partial charge in [-0.3, -0.25) is 0 Å². The summed E-state index contributed by atoms with van der Waals surface area (Å²) in [7, 11) is 0.759. The third kappa shape index (κ3) is 82.4. The SMILES string of the molecule is CP(C)C.CP(C)C.[CH3-].[CH3-].[CH]1C=CC=C1.[V+2]. The first kappa shape index (κ1) is 30.2. The summed E-state index contributed by atoms with van der Waals surface area (Å²) >= 11 is 0. The van der Waals surface area contributed by atoms with Crippen LogP contribution in [0.25, 0.3) is 0 Å². The second-order valence-corrected chi connectivity index (χ2v) is 9.01. The van der Waals surface area contributed by atoms with E-state index in [1.165, 1.54) is 0 Å². The Morgan fingerprint density at radius 3 is 0.812 bits per heavy atom. The zero-order valence-electron chi connectivity index (χ0n) is 12.2. The predicted molar refractivity (Wildman–Crippen MR) is 84.8 cm³/mol. The summed E-state index contributed by atoms with van der Waals surface area (Å²) in [6.07, 6.45) is 10.0. The van der Waals surface area contributed by atoms with E-state index >= 15 is 0 Å². The first-order chi connectivity index (χ1) is 5.96. The van der Waals surface area contributed by atoms with Crippen molar-refractivity contribution < 1.29 is 18.6 Å². The van der Waals surface area contributed by atoms with Crippen LogP contribution >= 0.6 is 15.8 Å². The Hall–Kier alpha value is 0.924. The van der Waals surface area contributed by atoms with E-state index in [1.54, 1.807) is 0 Å². The maximum absolute atomic E-state index is 2.23. The van der Waals surface area contributed by atoms with E-state index in [0.717, 1.165) is 0 Å². The molecule has 0 saturated heterocycles. The standard InChI is InChI=1S/C5H5.2C3H9P.2CH3.V/c1-2-4-5-3-1;2*1-4(2)3;;;/h1-5H;2*1-3H3;2*1H3;/q;;;2*-1;+2. The fourth-order valence-corrected chi connectivity index (χ4v) is 0.321. The van der Waals surface area contributed by atoms with Crippen LogP contribution in [0, 0.1) is 21.3 Å². The summed E-state index contributed by atoms with van der Waals surface area (Å²) in [6, 6.07) is 0. The van der Waals surface area contributed by atoms with Crippen LogP contribution < -0.4 is 0 Å². The van der Waals surface area contributed by atoms with Crippen molar-refractivity contribution in [3.05, 3.63) is 45.6 Å². The molecule has 0 aliphatic heterocycles. The molecule has 0 unspecified atom stereocenters. The van der Waals surface area contributed by atoms with Gasteiger partial charge in [0.15, 0.2) is 0 Å². The van der Waals surface area contributed by atoms with Crippen LogP contribution in [-0.2, 0) is 18.6 Å². The third-order valence-corrected chi connectivity index (χ3v) is 0.556. The third-order valence-electron chi connectivity index (χ3n) is 0.556. The molecule has 1 aliphatic carbocycles. The molecule has 0 aromatic heterocycles. The Bertz CT molecular complexity index is 119. The van der Waals surface area contributed by atoms with Crippen LogP contribution in [-0.4, -0.2) is 40.0 Å². The fraction of sp³-hybridized carbons (Fsp3) is 0.462. The van der Waals surface area contributed by atoms with Gasteiger partial charge >= 0.3 is 18.6 Å². The van der Waals surface area contributed by atoms with Gasteiger partial charge in [-0.15, -0.1) is 15.8 Å². The van der Waals surface area contributed by atoms with Crippen LogP contribution in [0.15, 0.2) is 24.3 Å². The summed E-state index contributed by atoms with van der Waals surface area (Å²) in [5.41, 5.74) is 0. The number of allylic oxidation sites excluding steroid dienone is 4. The van der Waals surface area contributed by atoms with Crippen molar-refractivity contribution in [2.24, 2.45) is 0 Å². The van der Waals surface area contributed by atoms with Crippen LogP contribution in [0.2, 0.25) is 0 Å². The van der Waals surface area contributed by atoms with Gasteiger partial charge in [0.25, 0.3) is 0 Å². The molecule has 0 spiro atoms. The summed E-state index contributed by atoms with van der Waals surface area (Å²) in [5, 5.41) is 0. The van der Waals surface area contributed by atoms with Gasteiger partial charge in [-0.25, -0.2) is 0 Å². The number of hydrogen-bond acceptors (Lipinski definition) is 0. The van der Waals surface area contributed by atoms with E-state index in [0.29, 0.717) is 15.8 Å². The van der Waals surface area contributed by atoms with Crippen molar-refractivity contribution in [2.45, 2.75) is 0 Å². The van der Waals surface area contributed by atoms with Crippen molar-refractivity contribution >= 4 is 15.8 Å². The van der Waals surface area contributed by atoms with Crippen LogP contribution in [0.3, 0.4) is 0 Å². The minimum absolute atomic E-state index is 0. The first-order valence-corrected chi connectivity index (χ1v) is 9.72. The average molecular weight is 298 g/mol. The van der Waals surface area contributed by atoms with Crippen LogP contribution in [0.4, 0.5) is 0 Å². The second-order valence-electron chi connectivity index (χ2n) is 3.65. The molecule has 1 aliphatic rings. The Morgan fingerprint density at radius 2 is 0.750 bits per heavy atom. The van der Waals surface area contributed by atoms with E-state index in [2.05, 4.69) is 40.0 Å². The molecule has 0 nitrogen and oxygen atoms in total. The van der Waals surface area contributed by atoms with E-state index in [4.69, 9.17) is 0 Å². The Labute approximate surface area is 120 Å². The Kier molecular flexibility index (Phi) is 47.1. The second kappa shape index (κ2) is 24.9. The minimum Gasteiger partial charge on any atom is -0.358 e. The van der Waals surface area contributed by atoms with E-state index < -0.39 is 0 Å². The Balaban J connectivity index is -0.0000000350. The Morgan fingerprint density at radius 1 is 0.562 bits per heavy atom. The van der Waals surface area contributed by atoms with Gasteiger partial charge in [0.05, 0.1) is 0 Å². The summed E-state index contributed by atoms with van der Waals surface area (Å²) in [5.74, 6) is 0. The molecular formula is C13H29P2V. The molecule has 3 heteroatoms. The van der Waals surface area contributed by atoms with Gasteiger partial charge < -0.3 is 14.9 Å². The van der Waals surface area contributed by atoms with Crippen molar-refractivity contribution in [2.75, 3.05) is 40.0 Å². The van der Waals surface area contributed by atoms with E-state index in [-0.39, 0.29) is 33.4 Å². The zero-order chi connectivity index (χ0) is 10.7. The normalized spacial score (nSPS) is 10.0. The van der Waals surface area contributed by atoms with Crippen LogP contribution in [0.1, 0.15) is 0 Å². The quantitative estimate of drug-likeness (QED) is 0.439. The van der Waals surface area contributed by atoms with Gasteiger partial charge in [-0.2, -0.15) is 0 Å². The molecule has 1 rings (SSSR count). The zero-order valence-corrected chi connectivity index (χ0v) is 15.4. The van der Waals surface area contributed by atoms with Crippen molar-refractivity contribution in [1.29, 1.82) is 0 Å². The molecule has 0 aromatic carbocycles. The minimum atomic E-state index is 0. The fourth-order valence-electron chi connectivity index (χ4n) is 0.321. The summed E-state index contributed by atoms with van der Waals surface area (Å²) in [4.78, 5) is 0. The van der Waals surface area contributed by atoms with Crippen molar-refractivity contribution in [3.63, 3.8) is 0 Å². The maximum atomic E-state index is 2.23. The molecule has 0 fully saturated rings. The largest absolute Gasteiger partial charge is 2.00 e.